The molecule has 0 heterocycles. The van der Waals surface area contributed by atoms with Gasteiger partial charge >= 0.3 is 0 Å². The molecule has 2 aliphatic rings. The van der Waals surface area contributed by atoms with Gasteiger partial charge in [-0.15, -0.1) is 23.2 Å². The minimum absolute atomic E-state index is 0. The molecule has 0 bridgehead atoms. The Labute approximate surface area is 253 Å². The number of halogens is 2. The second kappa shape index (κ2) is 10.1. The minimum Gasteiger partial charge on any atom is -0.114 e. The van der Waals surface area contributed by atoms with Gasteiger partial charge in [0.25, 0.3) is 0 Å². The number of rotatable bonds is 4. The maximum Gasteiger partial charge on any atom is 0.0923 e. The molecule has 0 nitrogen and oxygen atoms in total. The van der Waals surface area contributed by atoms with Crippen molar-refractivity contribution in [2.24, 2.45) is 0 Å². The summed E-state index contributed by atoms with van der Waals surface area (Å²) in [4.78, 5) is 0. The van der Waals surface area contributed by atoms with E-state index in [1.165, 1.54) is 66.8 Å². The average Bonchev–Trinajstić information content (AvgIpc) is 3.24. The first-order chi connectivity index (χ1) is 17.7. The number of allylic oxidation sites excluding steroid dienone is 4. The molecule has 0 aromatic heterocycles. The normalized spacial score (nSPS) is 22.2. The van der Waals surface area contributed by atoms with Crippen LogP contribution in [0.5, 0.6) is 0 Å². The molecule has 0 amide bonds. The molecule has 0 spiro atoms. The van der Waals surface area contributed by atoms with Gasteiger partial charge in [0.15, 0.2) is 0 Å². The third kappa shape index (κ3) is 4.15. The van der Waals surface area contributed by atoms with E-state index in [1.807, 2.05) is 0 Å². The molecule has 4 heteroatoms. The summed E-state index contributed by atoms with van der Waals surface area (Å²) in [5.41, 5.74) is 14.9. The zero-order valence-electron chi connectivity index (χ0n) is 22.2. The van der Waals surface area contributed by atoms with E-state index in [9.17, 15) is 0 Å². The Kier molecular flexibility index (Phi) is 7.31. The van der Waals surface area contributed by atoms with Crippen molar-refractivity contribution in [2.45, 2.75) is 36.7 Å². The summed E-state index contributed by atoms with van der Waals surface area (Å²) in [6.07, 6.45) is 0. The van der Waals surface area contributed by atoms with Gasteiger partial charge in [-0.25, -0.2) is 0 Å². The summed E-state index contributed by atoms with van der Waals surface area (Å²) in [5.74, 6) is 0. The predicted octanol–water partition coefficient (Wildman–Crippen LogP) is 9.28. The van der Waals surface area contributed by atoms with E-state index in [-0.39, 0.29) is 21.7 Å². The second-order valence-corrected chi connectivity index (χ2v) is 15.2. The fourth-order valence-corrected chi connectivity index (χ4v) is 11.0. The zero-order valence-corrected chi connectivity index (χ0v) is 26.7. The minimum atomic E-state index is -1.14. The van der Waals surface area contributed by atoms with Crippen LogP contribution in [-0.4, -0.2) is 9.52 Å². The number of fused-ring (bicyclic) bond motifs is 2. The molecular weight excluding hydrogens is 555 g/mol. The smallest absolute Gasteiger partial charge is 0.0923 e. The summed E-state index contributed by atoms with van der Waals surface area (Å²) in [6, 6.07) is 34.7. The van der Waals surface area contributed by atoms with Crippen LogP contribution in [0.1, 0.15) is 49.9 Å². The summed E-state index contributed by atoms with van der Waals surface area (Å²) in [6.45, 7) is 8.84. The van der Waals surface area contributed by atoms with E-state index in [1.54, 1.807) is 0 Å². The van der Waals surface area contributed by atoms with E-state index >= 15 is 0 Å². The summed E-state index contributed by atoms with van der Waals surface area (Å²) in [7, 11) is -1.14. The molecule has 2 unspecified atom stereocenters. The van der Waals surface area contributed by atoms with E-state index in [0.717, 1.165) is 0 Å². The molecule has 38 heavy (non-hydrogen) atoms. The van der Waals surface area contributed by atoms with Crippen molar-refractivity contribution in [3.05, 3.63) is 130 Å². The van der Waals surface area contributed by atoms with Crippen LogP contribution in [0.25, 0.3) is 33.4 Å². The Morgan fingerprint density at radius 2 is 0.868 bits per heavy atom. The summed E-state index contributed by atoms with van der Waals surface area (Å²) < 4.78 is -1.06. The maximum absolute atomic E-state index is 7.72. The fraction of sp³-hybridized carbons (Fsp3) is 0.176. The van der Waals surface area contributed by atoms with Crippen LogP contribution >= 0.6 is 23.2 Å². The van der Waals surface area contributed by atoms with E-state index in [4.69, 9.17) is 23.2 Å². The van der Waals surface area contributed by atoms with Crippen LogP contribution in [0.3, 0.4) is 0 Å². The fourth-order valence-electron chi connectivity index (χ4n) is 6.21. The van der Waals surface area contributed by atoms with Crippen LogP contribution < -0.4 is 0 Å². The van der Waals surface area contributed by atoms with Crippen molar-refractivity contribution in [3.8, 4) is 22.3 Å². The van der Waals surface area contributed by atoms with Crippen molar-refractivity contribution in [3.63, 3.8) is 0 Å². The van der Waals surface area contributed by atoms with Gasteiger partial charge in [-0.05, 0) is 107 Å². The standard InChI is InChI=1S/C34H30Cl2Si.Ti/c1-21-23(3)33(35,31-17-15-27(19-29(21)31)25-11-7-5-8-12-25)37-34(36)24(4)22(2)30-20-28(16-18-32(30)34)26-13-9-6-10-14-26;/h5-20H,37H2,1-4H3;. The molecule has 2 atom stereocenters. The third-order valence-corrected chi connectivity index (χ3v) is 13.3. The molecule has 0 N–H and O–H groups in total. The first-order valence-electron chi connectivity index (χ1n) is 12.9. The first-order valence-corrected chi connectivity index (χ1v) is 15.1. The van der Waals surface area contributed by atoms with Crippen LogP contribution in [-0.2, 0) is 30.7 Å². The molecule has 0 fully saturated rings. The molecular formula is C34H30Cl2SiTi. The quantitative estimate of drug-likeness (QED) is 0.165. The van der Waals surface area contributed by atoms with Gasteiger partial charge in [0.05, 0.1) is 18.5 Å². The topological polar surface area (TPSA) is 0 Å². The van der Waals surface area contributed by atoms with E-state index < -0.39 is 18.5 Å². The van der Waals surface area contributed by atoms with Gasteiger partial charge in [-0.3, -0.25) is 0 Å². The third-order valence-electron chi connectivity index (χ3n) is 8.72. The van der Waals surface area contributed by atoms with Crippen molar-refractivity contribution in [2.75, 3.05) is 0 Å². The van der Waals surface area contributed by atoms with Gasteiger partial charge in [0, 0.05) is 21.7 Å². The molecule has 0 saturated carbocycles. The largest absolute Gasteiger partial charge is 0.114 e. The molecule has 0 aliphatic heterocycles. The second-order valence-electron chi connectivity index (χ2n) is 10.5. The number of hydrogen-bond acceptors (Lipinski definition) is 0. The van der Waals surface area contributed by atoms with Gasteiger partial charge in [0.1, 0.15) is 0 Å². The molecule has 4 aromatic carbocycles. The Hall–Kier alpha value is -2.13. The number of alkyl halides is 2. The van der Waals surface area contributed by atoms with Crippen LogP contribution in [0.15, 0.2) is 108 Å². The SMILES string of the molecule is CC1=C(C)C(Cl)([SiH2]C2(Cl)C(C)=C(C)c3cc(-c4ccccc4)ccc32)c2ccc(-c3ccccc3)cc21.[Ti]. The Balaban J connectivity index is 0.00000294. The average molecular weight is 585 g/mol. The maximum atomic E-state index is 7.72. The first kappa shape index (κ1) is 27.4. The zero-order chi connectivity index (χ0) is 25.9. The van der Waals surface area contributed by atoms with E-state index in [2.05, 4.69) is 125 Å². The van der Waals surface area contributed by atoms with Crippen molar-refractivity contribution in [1.82, 2.24) is 0 Å². The Morgan fingerprint density at radius 1 is 0.500 bits per heavy atom. The molecule has 0 radical (unpaired) electrons. The summed E-state index contributed by atoms with van der Waals surface area (Å²) >= 11 is 15.4. The van der Waals surface area contributed by atoms with Gasteiger partial charge in [-0.2, -0.15) is 0 Å². The van der Waals surface area contributed by atoms with Crippen LogP contribution in [0.2, 0.25) is 0 Å². The summed E-state index contributed by atoms with van der Waals surface area (Å²) in [5, 5.41) is 0. The Bertz CT molecular complexity index is 1490. The number of hydrogen-bond donors (Lipinski definition) is 0. The molecule has 4 aromatic rings. The van der Waals surface area contributed by atoms with E-state index in [0.29, 0.717) is 0 Å². The van der Waals surface area contributed by atoms with Gasteiger partial charge in [0.2, 0.25) is 0 Å². The monoisotopic (exact) mass is 584 g/mol. The van der Waals surface area contributed by atoms with Gasteiger partial charge in [-0.1, -0.05) is 84.9 Å². The van der Waals surface area contributed by atoms with Crippen LogP contribution in [0.4, 0.5) is 0 Å². The Morgan fingerprint density at radius 3 is 1.24 bits per heavy atom. The molecule has 2 aliphatic carbocycles. The van der Waals surface area contributed by atoms with Gasteiger partial charge < -0.3 is 0 Å². The van der Waals surface area contributed by atoms with Crippen molar-refractivity contribution < 1.29 is 21.7 Å². The number of benzene rings is 4. The molecule has 188 valence electrons. The van der Waals surface area contributed by atoms with Crippen LogP contribution in [0, 0.1) is 0 Å². The van der Waals surface area contributed by atoms with Crippen molar-refractivity contribution >= 4 is 43.9 Å². The molecule has 0 saturated heterocycles. The predicted molar refractivity (Wildman–Crippen MR) is 164 cm³/mol. The van der Waals surface area contributed by atoms with Crippen molar-refractivity contribution in [1.29, 1.82) is 0 Å². The molecule has 6 rings (SSSR count).